The highest BCUT2D eigenvalue weighted by atomic mass is 79.9. The van der Waals surface area contributed by atoms with E-state index in [1.165, 1.54) is 24.3 Å². The number of halogens is 1. The Bertz CT molecular complexity index is 750. The maximum atomic E-state index is 12.0. The minimum Gasteiger partial charge on any atom is -0.288 e. The lowest BCUT2D eigenvalue weighted by Gasteiger charge is -2.07. The number of hydrogen-bond acceptors (Lipinski definition) is 5. The van der Waals surface area contributed by atoms with Crippen LogP contribution in [0.25, 0.3) is 0 Å². The minimum absolute atomic E-state index is 0.0214. The van der Waals surface area contributed by atoms with Crippen LogP contribution in [0.15, 0.2) is 56.5 Å². The monoisotopic (exact) mass is 369 g/mol. The van der Waals surface area contributed by atoms with Crippen molar-refractivity contribution >= 4 is 37.5 Å². The predicted octanol–water partition coefficient (Wildman–Crippen LogP) is 2.86. The average molecular weight is 370 g/mol. The van der Waals surface area contributed by atoms with E-state index in [4.69, 9.17) is 0 Å². The number of allylic oxidation sites excluding steroid dienone is 4. The van der Waals surface area contributed by atoms with E-state index in [0.29, 0.717) is 10.1 Å². The number of oxime groups is 1. The van der Waals surface area contributed by atoms with Crippen molar-refractivity contribution in [3.05, 3.63) is 52.0 Å². The average Bonchev–Trinajstić information content (AvgIpc) is 2.43. The number of hydrogen-bond donors (Lipinski definition) is 0. The third-order valence-corrected chi connectivity index (χ3v) is 4.47. The van der Waals surface area contributed by atoms with Gasteiger partial charge in [-0.05, 0) is 59.6 Å². The van der Waals surface area contributed by atoms with Crippen LogP contribution >= 0.6 is 15.9 Å². The van der Waals surface area contributed by atoms with Gasteiger partial charge in [0.05, 0.1) is 4.48 Å². The molecule has 0 heterocycles. The fourth-order valence-electron chi connectivity index (χ4n) is 1.61. The van der Waals surface area contributed by atoms with Crippen LogP contribution in [0.2, 0.25) is 0 Å². The molecule has 21 heavy (non-hydrogen) atoms. The molecule has 1 aliphatic rings. The second-order valence-electron chi connectivity index (χ2n) is 4.51. The van der Waals surface area contributed by atoms with Crippen molar-refractivity contribution in [2.45, 2.75) is 18.7 Å². The van der Waals surface area contributed by atoms with E-state index in [1.54, 1.807) is 19.1 Å². The van der Waals surface area contributed by atoms with Crippen LogP contribution in [0.3, 0.4) is 0 Å². The third-order valence-electron chi connectivity index (χ3n) is 2.76. The van der Waals surface area contributed by atoms with Gasteiger partial charge < -0.3 is 0 Å². The molecule has 1 aliphatic carbocycles. The number of carbonyl (C=O) groups excluding carboxylic acids is 1. The first kappa shape index (κ1) is 15.7. The Balaban J connectivity index is 2.24. The highest BCUT2D eigenvalue weighted by Gasteiger charge is 2.18. The molecule has 0 aliphatic heterocycles. The fourth-order valence-corrected chi connectivity index (χ4v) is 2.89. The van der Waals surface area contributed by atoms with Crippen LogP contribution in [0.1, 0.15) is 12.5 Å². The Labute approximate surface area is 131 Å². The smallest absolute Gasteiger partial charge is 0.288 e. The zero-order valence-corrected chi connectivity index (χ0v) is 13.7. The van der Waals surface area contributed by atoms with E-state index in [9.17, 15) is 13.2 Å². The number of carbonyl (C=O) groups is 1. The summed E-state index contributed by atoms with van der Waals surface area (Å²) in [5, 5.41) is 3.58. The molecule has 2 rings (SSSR count). The normalized spacial score (nSPS) is 17.5. The molecule has 7 heteroatoms. The summed E-state index contributed by atoms with van der Waals surface area (Å²) in [5.41, 5.74) is 1.63. The summed E-state index contributed by atoms with van der Waals surface area (Å²) < 4.78 is 28.9. The van der Waals surface area contributed by atoms with Gasteiger partial charge in [0, 0.05) is 0 Å². The summed E-state index contributed by atoms with van der Waals surface area (Å²) in [4.78, 5) is 11.5. The van der Waals surface area contributed by atoms with Crippen LogP contribution in [-0.4, -0.2) is 19.9 Å². The number of aryl methyl sites for hydroxylation is 1. The number of benzene rings is 1. The highest BCUT2D eigenvalue weighted by molar-refractivity contribution is 9.12. The van der Waals surface area contributed by atoms with Crippen LogP contribution in [-0.2, 0) is 19.2 Å². The van der Waals surface area contributed by atoms with Gasteiger partial charge in [-0.15, -0.1) is 0 Å². The summed E-state index contributed by atoms with van der Waals surface area (Å²) in [6.45, 7) is 3.47. The first-order valence-electron chi connectivity index (χ1n) is 5.98. The molecule has 0 N–H and O–H groups in total. The van der Waals surface area contributed by atoms with Crippen molar-refractivity contribution in [3.8, 4) is 0 Å². The molecule has 0 radical (unpaired) electrons. The molecule has 0 bridgehead atoms. The number of rotatable bonds is 3. The van der Waals surface area contributed by atoms with Gasteiger partial charge in [-0.2, -0.15) is 8.42 Å². The highest BCUT2D eigenvalue weighted by Crippen LogP contribution is 2.19. The quantitative estimate of drug-likeness (QED) is 0.606. The molecule has 0 saturated carbocycles. The molecule has 110 valence electrons. The Kier molecular flexibility index (Phi) is 4.43. The maximum absolute atomic E-state index is 12.0. The van der Waals surface area contributed by atoms with Crippen LogP contribution < -0.4 is 0 Å². The van der Waals surface area contributed by atoms with Crippen molar-refractivity contribution in [2.24, 2.45) is 5.16 Å². The van der Waals surface area contributed by atoms with Crippen molar-refractivity contribution in [1.29, 1.82) is 0 Å². The molecule has 0 unspecified atom stereocenters. The van der Waals surface area contributed by atoms with Gasteiger partial charge in [0.15, 0.2) is 5.78 Å². The second-order valence-corrected chi connectivity index (χ2v) is 6.89. The Morgan fingerprint density at radius 3 is 2.29 bits per heavy atom. The van der Waals surface area contributed by atoms with E-state index in [2.05, 4.69) is 25.4 Å². The summed E-state index contributed by atoms with van der Waals surface area (Å²) in [5.74, 6) is -0.171. The second kappa shape index (κ2) is 5.95. The van der Waals surface area contributed by atoms with E-state index < -0.39 is 10.1 Å². The van der Waals surface area contributed by atoms with Crippen molar-refractivity contribution in [1.82, 2.24) is 0 Å². The predicted molar refractivity (Wildman–Crippen MR) is 82.7 cm³/mol. The molecular formula is C14H12BrNO4S. The van der Waals surface area contributed by atoms with Gasteiger partial charge in [-0.3, -0.25) is 9.08 Å². The first-order valence-corrected chi connectivity index (χ1v) is 8.18. The summed E-state index contributed by atoms with van der Waals surface area (Å²) in [6, 6.07) is 6.23. The Morgan fingerprint density at radius 2 is 1.71 bits per heavy atom. The molecule has 0 fully saturated rings. The van der Waals surface area contributed by atoms with Crippen LogP contribution in [0, 0.1) is 6.92 Å². The third kappa shape index (κ3) is 3.68. The zero-order chi connectivity index (χ0) is 15.6. The van der Waals surface area contributed by atoms with Crippen LogP contribution in [0.4, 0.5) is 0 Å². The number of nitrogens with zero attached hydrogens (tertiary/aromatic N) is 1. The summed E-state index contributed by atoms with van der Waals surface area (Å²) in [6.07, 6.45) is 2.86. The Hall–Kier alpha value is -1.73. The molecule has 0 aromatic heterocycles. The maximum Gasteiger partial charge on any atom is 0.358 e. The molecule has 1 aromatic carbocycles. The van der Waals surface area contributed by atoms with Gasteiger partial charge in [0.2, 0.25) is 0 Å². The molecule has 5 nitrogen and oxygen atoms in total. The minimum atomic E-state index is -3.97. The molecule has 0 saturated heterocycles. The van der Waals surface area contributed by atoms with E-state index >= 15 is 0 Å². The molecular weight excluding hydrogens is 358 g/mol. The van der Waals surface area contributed by atoms with Crippen LogP contribution in [0.5, 0.6) is 0 Å². The Morgan fingerprint density at radius 1 is 1.10 bits per heavy atom. The number of Topliss-reactive ketones (excluding diaryl/α,β-unsaturated/α-hetero) is 1. The van der Waals surface area contributed by atoms with Crippen molar-refractivity contribution in [2.75, 3.05) is 0 Å². The summed E-state index contributed by atoms with van der Waals surface area (Å²) >= 11 is 3.09. The molecule has 1 aromatic rings. The number of ketones is 1. The van der Waals surface area contributed by atoms with Gasteiger partial charge in [-0.1, -0.05) is 22.9 Å². The van der Waals surface area contributed by atoms with Gasteiger partial charge in [-0.25, -0.2) is 0 Å². The molecule has 0 atom stereocenters. The first-order chi connectivity index (χ1) is 9.79. The lowest BCUT2D eigenvalue weighted by molar-refractivity contribution is -0.111. The van der Waals surface area contributed by atoms with Crippen molar-refractivity contribution in [3.63, 3.8) is 0 Å². The largest absolute Gasteiger partial charge is 0.358 e. The van der Waals surface area contributed by atoms with Crippen molar-refractivity contribution < 1.29 is 17.5 Å². The van der Waals surface area contributed by atoms with E-state index in [-0.39, 0.29) is 16.4 Å². The lowest BCUT2D eigenvalue weighted by atomic mass is 10.1. The lowest BCUT2D eigenvalue weighted by Crippen LogP contribution is -2.10. The zero-order valence-electron chi connectivity index (χ0n) is 11.3. The topological polar surface area (TPSA) is 72.8 Å². The molecule has 0 amide bonds. The molecule has 0 spiro atoms. The van der Waals surface area contributed by atoms with Gasteiger partial charge in [0.25, 0.3) is 0 Å². The standard InChI is InChI=1S/C14H12BrNO4S/c1-9-3-5-12(6-4-9)21(18,19)20-16-11-7-10(2)14(17)13(15)8-11/h3-8H,1-2H3/b16-11+. The van der Waals surface area contributed by atoms with E-state index in [1.807, 2.05) is 6.92 Å². The SMILES string of the molecule is CC1=C/C(=N\OS(=O)(=O)c2ccc(C)cc2)C=C(Br)C1=O. The fraction of sp³-hybridized carbons (Fsp3) is 0.143. The van der Waals surface area contributed by atoms with Gasteiger partial charge in [0.1, 0.15) is 10.6 Å². The van der Waals surface area contributed by atoms with Gasteiger partial charge >= 0.3 is 10.1 Å². The summed E-state index contributed by atoms with van der Waals surface area (Å²) in [7, 11) is -3.97. The van der Waals surface area contributed by atoms with E-state index in [0.717, 1.165) is 5.56 Å².